The fraction of sp³-hybridized carbons (Fsp3) is 0.538. The standard InChI is InChI=1S/C13H16F3N5/c14-13(15,16)12(18-19-17)21-8-6-20(7-9-21)10-11-4-2-1-3-5-11/h1-5,12H,6-10H2. The van der Waals surface area contributed by atoms with E-state index in [2.05, 4.69) is 14.9 Å². The summed E-state index contributed by atoms with van der Waals surface area (Å²) in [4.78, 5) is 5.59. The first-order chi connectivity index (χ1) is 10.0. The molecule has 21 heavy (non-hydrogen) atoms. The van der Waals surface area contributed by atoms with Gasteiger partial charge in [-0.1, -0.05) is 35.4 Å². The highest BCUT2D eigenvalue weighted by Crippen LogP contribution is 2.27. The first kappa shape index (κ1) is 15.6. The fourth-order valence-corrected chi connectivity index (χ4v) is 2.40. The highest BCUT2D eigenvalue weighted by atomic mass is 19.4. The normalized spacial score (nSPS) is 19.0. The van der Waals surface area contributed by atoms with Gasteiger partial charge in [-0.25, -0.2) is 0 Å². The average molecular weight is 299 g/mol. The van der Waals surface area contributed by atoms with E-state index in [0.717, 1.165) is 5.56 Å². The van der Waals surface area contributed by atoms with E-state index in [1.54, 1.807) is 0 Å². The molecule has 0 saturated carbocycles. The summed E-state index contributed by atoms with van der Waals surface area (Å²) in [6.45, 7) is 2.21. The van der Waals surface area contributed by atoms with Crippen LogP contribution < -0.4 is 0 Å². The number of halogens is 3. The number of benzene rings is 1. The van der Waals surface area contributed by atoms with Crippen molar-refractivity contribution in [3.8, 4) is 0 Å². The molecule has 2 rings (SSSR count). The average Bonchev–Trinajstić information content (AvgIpc) is 2.46. The second-order valence-corrected chi connectivity index (χ2v) is 4.92. The summed E-state index contributed by atoms with van der Waals surface area (Å²) in [6, 6.07) is 9.78. The molecule has 1 heterocycles. The Labute approximate surface area is 120 Å². The summed E-state index contributed by atoms with van der Waals surface area (Å²) < 4.78 is 38.4. The van der Waals surface area contributed by atoms with Crippen molar-refractivity contribution in [2.45, 2.75) is 18.9 Å². The van der Waals surface area contributed by atoms with E-state index in [9.17, 15) is 13.2 Å². The quantitative estimate of drug-likeness (QED) is 0.487. The predicted molar refractivity (Wildman–Crippen MR) is 72.3 cm³/mol. The Kier molecular flexibility index (Phi) is 5.06. The van der Waals surface area contributed by atoms with Gasteiger partial charge in [-0.15, -0.1) is 0 Å². The van der Waals surface area contributed by atoms with E-state index >= 15 is 0 Å². The predicted octanol–water partition coefficient (Wildman–Crippen LogP) is 3.00. The van der Waals surface area contributed by atoms with Crippen molar-refractivity contribution in [2.75, 3.05) is 26.2 Å². The maximum Gasteiger partial charge on any atom is 0.409 e. The molecule has 1 fully saturated rings. The third-order valence-corrected chi connectivity index (χ3v) is 3.46. The molecule has 8 heteroatoms. The summed E-state index contributed by atoms with van der Waals surface area (Å²) in [5.41, 5.74) is 9.43. The van der Waals surface area contributed by atoms with E-state index in [-0.39, 0.29) is 13.1 Å². The zero-order chi connectivity index (χ0) is 15.3. The Bertz CT molecular complexity index is 490. The summed E-state index contributed by atoms with van der Waals surface area (Å²) in [7, 11) is 0. The van der Waals surface area contributed by atoms with E-state index < -0.39 is 12.3 Å². The molecule has 0 aromatic heterocycles. The van der Waals surface area contributed by atoms with Crippen LogP contribution in [-0.4, -0.2) is 48.3 Å². The molecule has 0 N–H and O–H groups in total. The summed E-state index contributed by atoms with van der Waals surface area (Å²) in [5, 5.41) is 2.89. The third-order valence-electron chi connectivity index (χ3n) is 3.46. The monoisotopic (exact) mass is 299 g/mol. The number of rotatable bonds is 4. The smallest absolute Gasteiger partial charge is 0.297 e. The molecular weight excluding hydrogens is 283 g/mol. The van der Waals surface area contributed by atoms with Crippen molar-refractivity contribution in [1.29, 1.82) is 0 Å². The highest BCUT2D eigenvalue weighted by molar-refractivity contribution is 5.14. The van der Waals surface area contributed by atoms with Gasteiger partial charge in [0.1, 0.15) is 0 Å². The lowest BCUT2D eigenvalue weighted by atomic mass is 10.2. The number of azide groups is 1. The van der Waals surface area contributed by atoms with Crippen molar-refractivity contribution in [3.05, 3.63) is 46.3 Å². The molecule has 1 aromatic carbocycles. The largest absolute Gasteiger partial charge is 0.409 e. The van der Waals surface area contributed by atoms with Gasteiger partial charge >= 0.3 is 6.18 Å². The summed E-state index contributed by atoms with van der Waals surface area (Å²) in [6.07, 6.45) is -6.60. The molecule has 0 spiro atoms. The van der Waals surface area contributed by atoms with Gasteiger partial charge in [0.15, 0.2) is 6.17 Å². The molecule has 0 aliphatic carbocycles. The summed E-state index contributed by atoms with van der Waals surface area (Å²) >= 11 is 0. The number of hydrogen-bond donors (Lipinski definition) is 0. The van der Waals surface area contributed by atoms with E-state index in [1.807, 2.05) is 30.3 Å². The van der Waals surface area contributed by atoms with Gasteiger partial charge in [-0.3, -0.25) is 9.80 Å². The lowest BCUT2D eigenvalue weighted by Gasteiger charge is -2.38. The Morgan fingerprint density at radius 1 is 1.14 bits per heavy atom. The first-order valence-corrected chi connectivity index (χ1v) is 6.62. The van der Waals surface area contributed by atoms with Gasteiger partial charge in [0.05, 0.1) is 0 Å². The van der Waals surface area contributed by atoms with Crippen LogP contribution in [0.3, 0.4) is 0 Å². The Balaban J connectivity index is 1.92. The van der Waals surface area contributed by atoms with Crippen LogP contribution in [0.1, 0.15) is 5.56 Å². The minimum Gasteiger partial charge on any atom is -0.297 e. The van der Waals surface area contributed by atoms with Crippen molar-refractivity contribution in [2.24, 2.45) is 5.11 Å². The van der Waals surface area contributed by atoms with Crippen molar-refractivity contribution >= 4 is 0 Å². The van der Waals surface area contributed by atoms with Crippen LogP contribution in [0.4, 0.5) is 13.2 Å². The van der Waals surface area contributed by atoms with Crippen LogP contribution in [0.2, 0.25) is 0 Å². The Morgan fingerprint density at radius 3 is 2.29 bits per heavy atom. The molecule has 1 aliphatic heterocycles. The molecule has 1 aromatic rings. The number of hydrogen-bond acceptors (Lipinski definition) is 3. The Morgan fingerprint density at radius 2 is 1.76 bits per heavy atom. The molecule has 0 amide bonds. The van der Waals surface area contributed by atoms with Crippen LogP contribution in [0.5, 0.6) is 0 Å². The van der Waals surface area contributed by atoms with Crippen molar-refractivity contribution in [3.63, 3.8) is 0 Å². The molecule has 114 valence electrons. The third kappa shape index (κ3) is 4.35. The van der Waals surface area contributed by atoms with E-state index in [0.29, 0.717) is 19.6 Å². The van der Waals surface area contributed by atoms with E-state index in [4.69, 9.17) is 5.53 Å². The van der Waals surface area contributed by atoms with Crippen LogP contribution in [-0.2, 0) is 6.54 Å². The summed E-state index contributed by atoms with van der Waals surface area (Å²) in [5.74, 6) is 0. The van der Waals surface area contributed by atoms with Gasteiger partial charge < -0.3 is 0 Å². The van der Waals surface area contributed by atoms with Crippen molar-refractivity contribution in [1.82, 2.24) is 9.80 Å². The fourth-order valence-electron chi connectivity index (χ4n) is 2.40. The van der Waals surface area contributed by atoms with Crippen LogP contribution >= 0.6 is 0 Å². The second kappa shape index (κ2) is 6.80. The number of piperazine rings is 1. The van der Waals surface area contributed by atoms with Gasteiger partial charge in [-0.2, -0.15) is 13.2 Å². The van der Waals surface area contributed by atoms with Gasteiger partial charge in [0.2, 0.25) is 0 Å². The molecule has 1 aliphatic rings. The lowest BCUT2D eigenvalue weighted by Crippen LogP contribution is -2.53. The molecule has 5 nitrogen and oxygen atoms in total. The second-order valence-electron chi connectivity index (χ2n) is 4.92. The molecule has 0 bridgehead atoms. The first-order valence-electron chi connectivity index (χ1n) is 6.62. The number of nitrogens with zero attached hydrogens (tertiary/aromatic N) is 5. The van der Waals surface area contributed by atoms with Crippen LogP contribution in [0.15, 0.2) is 35.4 Å². The maximum absolute atomic E-state index is 12.8. The van der Waals surface area contributed by atoms with Gasteiger partial charge in [0.25, 0.3) is 0 Å². The molecule has 1 unspecified atom stereocenters. The van der Waals surface area contributed by atoms with Gasteiger partial charge in [0, 0.05) is 37.6 Å². The molecule has 0 radical (unpaired) electrons. The Hall–Kier alpha value is -1.76. The highest BCUT2D eigenvalue weighted by Gasteiger charge is 2.43. The molecular formula is C13H16F3N5. The zero-order valence-electron chi connectivity index (χ0n) is 11.4. The molecule has 1 saturated heterocycles. The van der Waals surface area contributed by atoms with E-state index in [1.165, 1.54) is 4.90 Å². The number of alkyl halides is 3. The van der Waals surface area contributed by atoms with Crippen LogP contribution in [0.25, 0.3) is 10.4 Å². The minimum atomic E-state index is -4.53. The van der Waals surface area contributed by atoms with Crippen LogP contribution in [0, 0.1) is 0 Å². The lowest BCUT2D eigenvalue weighted by molar-refractivity contribution is -0.185. The zero-order valence-corrected chi connectivity index (χ0v) is 11.4. The SMILES string of the molecule is [N-]=[N+]=NC(N1CCN(Cc2ccccc2)CC1)C(F)(F)F. The topological polar surface area (TPSA) is 55.2 Å². The molecule has 1 atom stereocenters. The van der Waals surface area contributed by atoms with Crippen molar-refractivity contribution < 1.29 is 13.2 Å². The minimum absolute atomic E-state index is 0.232. The van der Waals surface area contributed by atoms with Gasteiger partial charge in [-0.05, 0) is 11.1 Å². The maximum atomic E-state index is 12.8.